The molecule has 1 aromatic heterocycles. The van der Waals surface area contributed by atoms with Gasteiger partial charge in [0.05, 0.1) is 5.92 Å². The van der Waals surface area contributed by atoms with Gasteiger partial charge >= 0.3 is 0 Å². The van der Waals surface area contributed by atoms with Crippen LogP contribution in [0.25, 0.3) is 5.57 Å². The number of carbonyl (C=O) groups is 2. The summed E-state index contributed by atoms with van der Waals surface area (Å²) in [4.78, 5) is 28.1. The summed E-state index contributed by atoms with van der Waals surface area (Å²) < 4.78 is 0. The lowest BCUT2D eigenvalue weighted by Gasteiger charge is -2.32. The number of benzene rings is 1. The van der Waals surface area contributed by atoms with E-state index in [0.717, 1.165) is 17.7 Å². The fraction of sp³-hybridized carbons (Fsp3) is 0.263. The molecule has 1 N–H and O–H groups in total. The second-order valence-corrected chi connectivity index (χ2v) is 7.08. The maximum atomic E-state index is 13.0. The molecule has 4 nitrogen and oxygen atoms in total. The van der Waals surface area contributed by atoms with Gasteiger partial charge in [0.2, 0.25) is 11.8 Å². The van der Waals surface area contributed by atoms with Crippen LogP contribution < -0.4 is 5.32 Å². The molecule has 4 rings (SSSR count). The van der Waals surface area contributed by atoms with E-state index in [1.54, 1.807) is 11.3 Å². The molecule has 0 saturated heterocycles. The van der Waals surface area contributed by atoms with Crippen LogP contribution >= 0.6 is 11.3 Å². The van der Waals surface area contributed by atoms with E-state index in [0.29, 0.717) is 13.1 Å². The molecule has 0 bridgehead atoms. The Morgan fingerprint density at radius 1 is 1.21 bits per heavy atom. The second-order valence-electron chi connectivity index (χ2n) is 6.13. The molecule has 1 aromatic carbocycles. The molecule has 2 aliphatic heterocycles. The third-order valence-electron chi connectivity index (χ3n) is 4.66. The molecule has 5 heteroatoms. The first-order chi connectivity index (χ1) is 11.7. The quantitative estimate of drug-likeness (QED) is 0.911. The maximum Gasteiger partial charge on any atom is 0.231 e. The fourth-order valence-corrected chi connectivity index (χ4v) is 4.20. The predicted molar refractivity (Wildman–Crippen MR) is 95.9 cm³/mol. The van der Waals surface area contributed by atoms with Gasteiger partial charge in [0.1, 0.15) is 0 Å². The van der Waals surface area contributed by atoms with Gasteiger partial charge in [-0.15, -0.1) is 11.3 Å². The fourth-order valence-electron chi connectivity index (χ4n) is 3.41. The normalized spacial score (nSPS) is 20.2. The number of hydrogen-bond acceptors (Lipinski definition) is 3. The minimum atomic E-state index is -0.369. The third kappa shape index (κ3) is 2.76. The zero-order valence-electron chi connectivity index (χ0n) is 13.2. The van der Waals surface area contributed by atoms with Crippen molar-refractivity contribution in [3.05, 3.63) is 58.3 Å². The third-order valence-corrected chi connectivity index (χ3v) is 5.60. The van der Waals surface area contributed by atoms with Gasteiger partial charge < -0.3 is 10.2 Å². The minimum absolute atomic E-state index is 0.0544. The van der Waals surface area contributed by atoms with E-state index in [1.165, 1.54) is 10.5 Å². The van der Waals surface area contributed by atoms with Crippen molar-refractivity contribution in [2.45, 2.75) is 18.8 Å². The second kappa shape index (κ2) is 6.24. The summed E-state index contributed by atoms with van der Waals surface area (Å²) in [7, 11) is 0. The van der Waals surface area contributed by atoms with Gasteiger partial charge in [0.15, 0.2) is 0 Å². The first-order valence-electron chi connectivity index (χ1n) is 8.13. The van der Waals surface area contributed by atoms with Crippen LogP contribution in [0.5, 0.6) is 0 Å². The predicted octanol–water partition coefficient (Wildman–Crippen LogP) is 3.49. The van der Waals surface area contributed by atoms with Gasteiger partial charge in [-0.05, 0) is 35.1 Å². The lowest BCUT2D eigenvalue weighted by atomic mass is 9.89. The van der Waals surface area contributed by atoms with Crippen LogP contribution in [0.1, 0.15) is 29.2 Å². The highest BCUT2D eigenvalue weighted by molar-refractivity contribution is 7.11. The molecule has 0 spiro atoms. The van der Waals surface area contributed by atoms with E-state index < -0.39 is 0 Å². The van der Waals surface area contributed by atoms with E-state index in [2.05, 4.69) is 28.9 Å². The number of thiophene rings is 1. The summed E-state index contributed by atoms with van der Waals surface area (Å²) in [5, 5.41) is 4.93. The Kier molecular flexibility index (Phi) is 3.94. The number of carbonyl (C=O) groups excluding carboxylic acids is 2. The van der Waals surface area contributed by atoms with Crippen molar-refractivity contribution in [3.63, 3.8) is 0 Å². The SMILES string of the molecule is O=C1C[C@H](C(=O)N2CC=C(c3cccs3)CC2)c2ccccc2N1. The number of nitrogens with zero attached hydrogens (tertiary/aromatic N) is 1. The van der Waals surface area contributed by atoms with E-state index >= 15 is 0 Å². The number of anilines is 1. The van der Waals surface area contributed by atoms with Crippen LogP contribution in [0.3, 0.4) is 0 Å². The molecule has 0 unspecified atom stereocenters. The maximum absolute atomic E-state index is 13.0. The number of para-hydroxylation sites is 1. The lowest BCUT2D eigenvalue weighted by Crippen LogP contribution is -2.40. The van der Waals surface area contributed by atoms with Gasteiger partial charge in [-0.2, -0.15) is 0 Å². The zero-order valence-corrected chi connectivity index (χ0v) is 14.0. The summed E-state index contributed by atoms with van der Waals surface area (Å²) >= 11 is 1.73. The molecule has 0 saturated carbocycles. The van der Waals surface area contributed by atoms with E-state index in [1.807, 2.05) is 29.2 Å². The van der Waals surface area contributed by atoms with E-state index in [4.69, 9.17) is 0 Å². The Bertz CT molecular complexity index is 811. The van der Waals surface area contributed by atoms with Gasteiger partial charge in [-0.3, -0.25) is 9.59 Å². The highest BCUT2D eigenvalue weighted by atomic mass is 32.1. The van der Waals surface area contributed by atoms with E-state index in [9.17, 15) is 9.59 Å². The molecule has 1 atom stereocenters. The highest BCUT2D eigenvalue weighted by Gasteiger charge is 2.33. The number of nitrogens with one attached hydrogen (secondary N) is 1. The smallest absolute Gasteiger partial charge is 0.231 e. The molecule has 0 radical (unpaired) electrons. The van der Waals surface area contributed by atoms with Crippen LogP contribution in [0.4, 0.5) is 5.69 Å². The Hall–Kier alpha value is -2.40. The average molecular weight is 338 g/mol. The lowest BCUT2D eigenvalue weighted by molar-refractivity contribution is -0.134. The molecule has 122 valence electrons. The summed E-state index contributed by atoms with van der Waals surface area (Å²) in [5.74, 6) is -0.399. The average Bonchev–Trinajstić information content (AvgIpc) is 3.15. The molecule has 3 heterocycles. The van der Waals surface area contributed by atoms with Crippen LogP contribution in [0.2, 0.25) is 0 Å². The summed E-state index contributed by atoms with van der Waals surface area (Å²) in [6.45, 7) is 1.33. The molecule has 2 aliphatic rings. The molecule has 0 aliphatic carbocycles. The van der Waals surface area contributed by atoms with Crippen LogP contribution in [0.15, 0.2) is 47.9 Å². The largest absolute Gasteiger partial charge is 0.338 e. The Morgan fingerprint density at radius 3 is 2.83 bits per heavy atom. The van der Waals surface area contributed by atoms with Crippen molar-refractivity contribution in [3.8, 4) is 0 Å². The van der Waals surface area contributed by atoms with Crippen LogP contribution in [0, 0.1) is 0 Å². The number of hydrogen-bond donors (Lipinski definition) is 1. The van der Waals surface area contributed by atoms with Gasteiger partial charge in [-0.25, -0.2) is 0 Å². The molecular formula is C19H18N2O2S. The number of amides is 2. The van der Waals surface area contributed by atoms with Gasteiger partial charge in [0.25, 0.3) is 0 Å². The van der Waals surface area contributed by atoms with Crippen molar-refractivity contribution in [1.82, 2.24) is 4.90 Å². The molecule has 2 amide bonds. The van der Waals surface area contributed by atoms with Crippen LogP contribution in [-0.2, 0) is 9.59 Å². The Balaban J connectivity index is 1.54. The first kappa shape index (κ1) is 15.1. The standard InChI is InChI=1S/C19H18N2O2S/c22-18-12-15(14-4-1-2-5-16(14)20-18)19(23)21-9-7-13(8-10-21)17-6-3-11-24-17/h1-7,11,15H,8-10,12H2,(H,20,22)/t15-/m0/s1. The molecular weight excluding hydrogens is 320 g/mol. The van der Waals surface area contributed by atoms with Crippen molar-refractivity contribution in [1.29, 1.82) is 0 Å². The summed E-state index contributed by atoms with van der Waals surface area (Å²) in [6, 6.07) is 11.8. The Morgan fingerprint density at radius 2 is 2.08 bits per heavy atom. The van der Waals surface area contributed by atoms with Crippen molar-refractivity contribution in [2.75, 3.05) is 18.4 Å². The first-order valence-corrected chi connectivity index (χ1v) is 9.01. The number of rotatable bonds is 2. The molecule has 24 heavy (non-hydrogen) atoms. The Labute approximate surface area is 144 Å². The monoisotopic (exact) mass is 338 g/mol. The van der Waals surface area contributed by atoms with Crippen molar-refractivity contribution >= 4 is 34.4 Å². The highest BCUT2D eigenvalue weighted by Crippen LogP contribution is 2.34. The summed E-state index contributed by atoms with van der Waals surface area (Å²) in [6.07, 6.45) is 3.24. The topological polar surface area (TPSA) is 49.4 Å². The van der Waals surface area contributed by atoms with Crippen molar-refractivity contribution in [2.24, 2.45) is 0 Å². The van der Waals surface area contributed by atoms with Crippen molar-refractivity contribution < 1.29 is 9.59 Å². The number of fused-ring (bicyclic) bond motifs is 1. The summed E-state index contributed by atoms with van der Waals surface area (Å²) in [5.41, 5.74) is 3.00. The molecule has 2 aromatic rings. The van der Waals surface area contributed by atoms with Gasteiger partial charge in [-0.1, -0.05) is 30.3 Å². The van der Waals surface area contributed by atoms with Crippen LogP contribution in [-0.4, -0.2) is 29.8 Å². The minimum Gasteiger partial charge on any atom is -0.338 e. The molecule has 0 fully saturated rings. The van der Waals surface area contributed by atoms with Gasteiger partial charge in [0, 0.05) is 30.1 Å². The zero-order chi connectivity index (χ0) is 16.5. The van der Waals surface area contributed by atoms with E-state index in [-0.39, 0.29) is 24.2 Å².